The van der Waals surface area contributed by atoms with Crippen LogP contribution >= 0.6 is 0 Å². The topological polar surface area (TPSA) is 62.0 Å². The van der Waals surface area contributed by atoms with E-state index in [-0.39, 0.29) is 18.0 Å². The maximum atomic E-state index is 13.3. The lowest BCUT2D eigenvalue weighted by Crippen LogP contribution is -2.19. The molecular formula is C13H11FN2O2. The fourth-order valence-electron chi connectivity index (χ4n) is 1.53. The summed E-state index contributed by atoms with van der Waals surface area (Å²) < 4.78 is 13.3. The highest BCUT2D eigenvalue weighted by Gasteiger charge is 2.09. The molecular weight excluding hydrogens is 235 g/mol. The van der Waals surface area contributed by atoms with Gasteiger partial charge in [-0.1, -0.05) is 30.3 Å². The van der Waals surface area contributed by atoms with Gasteiger partial charge in [0.15, 0.2) is 0 Å². The van der Waals surface area contributed by atoms with Crippen LogP contribution in [0.5, 0.6) is 0 Å². The van der Waals surface area contributed by atoms with Crippen molar-refractivity contribution in [3.8, 4) is 0 Å². The summed E-state index contributed by atoms with van der Waals surface area (Å²) >= 11 is 0. The van der Waals surface area contributed by atoms with Crippen molar-refractivity contribution in [2.75, 3.05) is 5.32 Å². The van der Waals surface area contributed by atoms with Crippen molar-refractivity contribution in [2.24, 2.45) is 0 Å². The van der Waals surface area contributed by atoms with Gasteiger partial charge in [-0.15, -0.1) is 0 Å². The molecule has 0 unspecified atom stereocenters. The molecule has 0 spiro atoms. The van der Waals surface area contributed by atoms with Gasteiger partial charge in [0, 0.05) is 6.20 Å². The average molecular weight is 246 g/mol. The lowest BCUT2D eigenvalue weighted by atomic mass is 10.1. The Bertz CT molecular complexity index is 608. The SMILES string of the molecule is O=C(Cc1ccccc1)Nc1cc[nH]c(=O)c1F. The first-order valence-electron chi connectivity index (χ1n) is 5.38. The van der Waals surface area contributed by atoms with E-state index < -0.39 is 11.4 Å². The Balaban J connectivity index is 2.08. The Morgan fingerprint density at radius 2 is 1.94 bits per heavy atom. The summed E-state index contributed by atoms with van der Waals surface area (Å²) in [5.74, 6) is -1.36. The maximum Gasteiger partial charge on any atom is 0.286 e. The first-order chi connectivity index (χ1) is 8.66. The van der Waals surface area contributed by atoms with E-state index in [0.29, 0.717) is 0 Å². The van der Waals surface area contributed by atoms with Crippen molar-refractivity contribution >= 4 is 11.6 Å². The number of amides is 1. The first kappa shape index (κ1) is 12.0. The monoisotopic (exact) mass is 246 g/mol. The number of nitrogens with one attached hydrogen (secondary N) is 2. The van der Waals surface area contributed by atoms with Crippen LogP contribution in [0.25, 0.3) is 0 Å². The quantitative estimate of drug-likeness (QED) is 0.865. The maximum absolute atomic E-state index is 13.3. The number of aromatic amines is 1. The Morgan fingerprint density at radius 1 is 1.22 bits per heavy atom. The highest BCUT2D eigenvalue weighted by Crippen LogP contribution is 2.08. The van der Waals surface area contributed by atoms with Gasteiger partial charge in [-0.2, -0.15) is 4.39 Å². The number of anilines is 1. The minimum atomic E-state index is -0.987. The van der Waals surface area contributed by atoms with E-state index >= 15 is 0 Å². The second-order valence-corrected chi connectivity index (χ2v) is 3.75. The minimum absolute atomic E-state index is 0.111. The van der Waals surface area contributed by atoms with Crippen LogP contribution in [0, 0.1) is 5.82 Å². The molecule has 1 aromatic heterocycles. The standard InChI is InChI=1S/C13H11FN2O2/c14-12-10(6-7-15-13(12)18)16-11(17)8-9-4-2-1-3-5-9/h1-7H,8H2,(H2,15,16,17,18). The molecule has 1 aromatic carbocycles. The van der Waals surface area contributed by atoms with Gasteiger partial charge >= 0.3 is 0 Å². The molecule has 2 rings (SSSR count). The largest absolute Gasteiger partial charge is 0.326 e. The van der Waals surface area contributed by atoms with Crippen LogP contribution in [-0.4, -0.2) is 10.9 Å². The summed E-state index contributed by atoms with van der Waals surface area (Å²) in [6.45, 7) is 0. The van der Waals surface area contributed by atoms with Crippen LogP contribution in [0.3, 0.4) is 0 Å². The Labute approximate surface area is 102 Å². The fourth-order valence-corrected chi connectivity index (χ4v) is 1.53. The van der Waals surface area contributed by atoms with Crippen LogP contribution in [-0.2, 0) is 11.2 Å². The predicted molar refractivity (Wildman–Crippen MR) is 65.8 cm³/mol. The summed E-state index contributed by atoms with van der Waals surface area (Å²) in [5.41, 5.74) is -0.146. The number of H-pyrrole nitrogens is 1. The molecule has 0 atom stereocenters. The van der Waals surface area contributed by atoms with E-state index in [4.69, 9.17) is 0 Å². The number of hydrogen-bond donors (Lipinski definition) is 2. The lowest BCUT2D eigenvalue weighted by molar-refractivity contribution is -0.115. The normalized spacial score (nSPS) is 10.1. The molecule has 0 saturated heterocycles. The van der Waals surface area contributed by atoms with E-state index in [1.807, 2.05) is 18.2 Å². The van der Waals surface area contributed by atoms with E-state index in [1.165, 1.54) is 12.3 Å². The Morgan fingerprint density at radius 3 is 2.67 bits per heavy atom. The molecule has 0 bridgehead atoms. The van der Waals surface area contributed by atoms with E-state index in [2.05, 4.69) is 10.3 Å². The highest BCUT2D eigenvalue weighted by molar-refractivity contribution is 5.92. The molecule has 2 N–H and O–H groups in total. The molecule has 0 aliphatic rings. The van der Waals surface area contributed by atoms with Gasteiger partial charge in [0.2, 0.25) is 11.7 Å². The zero-order valence-corrected chi connectivity index (χ0v) is 9.44. The van der Waals surface area contributed by atoms with Gasteiger partial charge in [0.25, 0.3) is 5.56 Å². The van der Waals surface area contributed by atoms with Crippen LogP contribution in [0.15, 0.2) is 47.4 Å². The minimum Gasteiger partial charge on any atom is -0.326 e. The third kappa shape index (κ3) is 2.82. The molecule has 5 heteroatoms. The summed E-state index contributed by atoms with van der Waals surface area (Å²) in [5, 5.41) is 2.37. The van der Waals surface area contributed by atoms with E-state index in [1.54, 1.807) is 12.1 Å². The number of hydrogen-bond acceptors (Lipinski definition) is 2. The molecule has 0 saturated carbocycles. The van der Waals surface area contributed by atoms with Gasteiger partial charge in [-0.3, -0.25) is 9.59 Å². The number of benzene rings is 1. The van der Waals surface area contributed by atoms with Crippen LogP contribution in [0.1, 0.15) is 5.56 Å². The van der Waals surface area contributed by atoms with Crippen molar-refractivity contribution in [1.82, 2.24) is 4.98 Å². The number of halogens is 1. The number of aromatic nitrogens is 1. The molecule has 0 aliphatic carbocycles. The van der Waals surface area contributed by atoms with E-state index in [9.17, 15) is 14.0 Å². The van der Waals surface area contributed by atoms with E-state index in [0.717, 1.165) is 5.56 Å². The van der Waals surface area contributed by atoms with Crippen LogP contribution in [0.4, 0.5) is 10.1 Å². The fraction of sp³-hybridized carbons (Fsp3) is 0.0769. The van der Waals surface area contributed by atoms with Crippen molar-refractivity contribution in [3.63, 3.8) is 0 Å². The molecule has 4 nitrogen and oxygen atoms in total. The summed E-state index contributed by atoms with van der Waals surface area (Å²) in [6, 6.07) is 10.4. The average Bonchev–Trinajstić information content (AvgIpc) is 2.36. The van der Waals surface area contributed by atoms with Gasteiger partial charge < -0.3 is 10.3 Å². The third-order valence-corrected chi connectivity index (χ3v) is 2.38. The van der Waals surface area contributed by atoms with Crippen molar-refractivity contribution in [1.29, 1.82) is 0 Å². The smallest absolute Gasteiger partial charge is 0.286 e. The summed E-state index contributed by atoms with van der Waals surface area (Å²) in [7, 11) is 0. The zero-order valence-electron chi connectivity index (χ0n) is 9.44. The molecule has 92 valence electrons. The molecule has 0 fully saturated rings. The molecule has 2 aromatic rings. The number of carbonyl (C=O) groups is 1. The first-order valence-corrected chi connectivity index (χ1v) is 5.38. The van der Waals surface area contributed by atoms with Crippen molar-refractivity contribution in [2.45, 2.75) is 6.42 Å². The number of carbonyl (C=O) groups excluding carboxylic acids is 1. The molecule has 0 aliphatic heterocycles. The second kappa shape index (κ2) is 5.27. The van der Waals surface area contributed by atoms with Gasteiger partial charge in [0.1, 0.15) is 0 Å². The van der Waals surface area contributed by atoms with Crippen LogP contribution < -0.4 is 10.9 Å². The summed E-state index contributed by atoms with van der Waals surface area (Å²) in [4.78, 5) is 24.8. The lowest BCUT2D eigenvalue weighted by Gasteiger charge is -2.05. The van der Waals surface area contributed by atoms with Gasteiger partial charge in [-0.25, -0.2) is 0 Å². The van der Waals surface area contributed by atoms with Crippen molar-refractivity contribution < 1.29 is 9.18 Å². The number of pyridine rings is 1. The predicted octanol–water partition coefficient (Wildman–Crippen LogP) is 1.70. The zero-order chi connectivity index (χ0) is 13.0. The van der Waals surface area contributed by atoms with Crippen molar-refractivity contribution in [3.05, 3.63) is 64.3 Å². The Kier molecular flexibility index (Phi) is 3.52. The molecule has 0 radical (unpaired) electrons. The molecule has 18 heavy (non-hydrogen) atoms. The summed E-state index contributed by atoms with van der Waals surface area (Å²) in [6.07, 6.45) is 1.41. The second-order valence-electron chi connectivity index (χ2n) is 3.75. The Hall–Kier alpha value is -2.43. The molecule has 1 heterocycles. The number of rotatable bonds is 3. The van der Waals surface area contributed by atoms with Gasteiger partial charge in [-0.05, 0) is 11.6 Å². The van der Waals surface area contributed by atoms with Gasteiger partial charge in [0.05, 0.1) is 12.1 Å². The highest BCUT2D eigenvalue weighted by atomic mass is 19.1. The van der Waals surface area contributed by atoms with Crippen LogP contribution in [0.2, 0.25) is 0 Å². The third-order valence-electron chi connectivity index (χ3n) is 2.38. The molecule has 1 amide bonds.